The minimum atomic E-state index is -0.181. The van der Waals surface area contributed by atoms with Crippen LogP contribution in [0, 0.1) is 0 Å². The van der Waals surface area contributed by atoms with Gasteiger partial charge in [-0.25, -0.2) is 0 Å². The molecule has 0 aliphatic rings. The summed E-state index contributed by atoms with van der Waals surface area (Å²) in [5, 5.41) is 8.43. The molecule has 0 heterocycles. The summed E-state index contributed by atoms with van der Waals surface area (Å²) in [6.07, 6.45) is 0.250. The Hall–Kier alpha value is 1.08. The zero-order chi connectivity index (χ0) is 6.12. The maximum absolute atomic E-state index is 8.64. The molecule has 0 aromatic carbocycles. The molecule has 0 saturated carbocycles. The van der Waals surface area contributed by atoms with Gasteiger partial charge in [0.2, 0.25) is 0 Å². The summed E-state index contributed by atoms with van der Waals surface area (Å²) < 4.78 is 0. The molecule has 0 bridgehead atoms. The second kappa shape index (κ2) is 145. The number of rotatable bonds is 1. The molecule has 0 aromatic heterocycles. The van der Waals surface area contributed by atoms with Gasteiger partial charge in [-0.3, -0.25) is 4.79 Å². The van der Waals surface area contributed by atoms with Crippen LogP contribution in [0.3, 0.4) is 0 Å². The molecule has 0 unspecified atom stereocenters. The van der Waals surface area contributed by atoms with E-state index in [1.54, 1.807) is 0 Å². The van der Waals surface area contributed by atoms with E-state index < -0.39 is 0 Å². The number of carbonyl (C=O) groups excluding carboxylic acids is 3. The first-order valence-corrected chi connectivity index (χ1v) is 1.05. The average Bonchev–Trinajstić information content (AvgIpc) is 1.69. The molecule has 5 N–H and O–H groups in total. The van der Waals surface area contributed by atoms with Crippen LogP contribution in [0.2, 0.25) is 0 Å². The maximum atomic E-state index is 8.64. The molecular weight excluding hydrogens is 180 g/mol. The summed E-state index contributed by atoms with van der Waals surface area (Å²) in [5.41, 5.74) is 0. The van der Waals surface area contributed by atoms with Crippen LogP contribution in [0.25, 0.3) is 0 Å². The van der Waals surface area contributed by atoms with Crippen molar-refractivity contribution >= 4 is 12.6 Å². The van der Waals surface area contributed by atoms with Crippen LogP contribution >= 0.6 is 0 Å². The third-order valence-electron chi connectivity index (χ3n) is 0.0393. The van der Waals surface area contributed by atoms with E-state index in [1.165, 1.54) is 0 Å². The van der Waals surface area contributed by atoms with Crippen molar-refractivity contribution in [3.05, 3.63) is 0 Å². The van der Waals surface area contributed by atoms with Gasteiger partial charge in [-0.2, -0.15) is 9.59 Å². The average molecular weight is 188 g/mol. The van der Waals surface area contributed by atoms with Crippen LogP contribution < -0.4 is 80.7 Å². The first-order valence-electron chi connectivity index (χ1n) is 1.05. The number of carbonyl (C=O) groups is 1. The fourth-order valence-electron chi connectivity index (χ4n) is 0. The maximum Gasteiger partial charge on any atom is 1.00 e. The first kappa shape index (κ1) is 80.9. The van der Waals surface area contributed by atoms with Crippen LogP contribution in [0.4, 0.5) is 0 Å². The Balaban J connectivity index is -0.00000000224. The van der Waals surface area contributed by atoms with Crippen LogP contribution in [-0.2, 0) is 19.3 Å². The van der Waals surface area contributed by atoms with E-state index in [0.717, 1.165) is 0 Å². The van der Waals surface area contributed by atoms with Crippen molar-refractivity contribution in [2.24, 2.45) is 0 Å². The summed E-state index contributed by atoms with van der Waals surface area (Å²) in [7, 11) is 0. The van der Waals surface area contributed by atoms with Gasteiger partial charge in [0.25, 0.3) is 6.47 Å². The van der Waals surface area contributed by atoms with E-state index in [0.29, 0.717) is 0 Å². The van der Waals surface area contributed by atoms with E-state index in [9.17, 15) is 0 Å². The van der Waals surface area contributed by atoms with Gasteiger partial charge >= 0.3 is 81.6 Å². The molecule has 0 radical (unpaired) electrons. The topological polar surface area (TPSA) is 176 Å². The third kappa shape index (κ3) is 441. The second-order valence-electron chi connectivity index (χ2n) is 0.276. The molecule has 0 atom stereocenters. The quantitative estimate of drug-likeness (QED) is 0.170. The zero-order valence-corrected chi connectivity index (χ0v) is 8.57. The Morgan fingerprint density at radius 3 is 1.14 bits per heavy atom. The monoisotopic (exact) mass is 188 g/mol. The normalized spacial score (nSPS) is 2.07. The van der Waals surface area contributed by atoms with E-state index in [-0.39, 0.29) is 107 Å². The fourth-order valence-corrected chi connectivity index (χ4v) is 0. The Morgan fingerprint density at radius 1 is 1.07 bits per heavy atom. The summed E-state index contributed by atoms with van der Waals surface area (Å²) in [4.78, 5) is 27.5. The Labute approximate surface area is 131 Å². The van der Waals surface area contributed by atoms with Gasteiger partial charge in [0, 0.05) is 0 Å². The van der Waals surface area contributed by atoms with E-state index in [2.05, 4.69) is 4.89 Å². The molecule has 0 amide bonds. The van der Waals surface area contributed by atoms with Crippen molar-refractivity contribution in [3.8, 4) is 0 Å². The van der Waals surface area contributed by atoms with Gasteiger partial charge < -0.3 is 29.4 Å². The summed E-state index contributed by atoms with van der Waals surface area (Å²) in [6.45, 7) is -0.181. The van der Waals surface area contributed by atoms with Gasteiger partial charge in [0.1, 0.15) is 0 Å². The summed E-state index contributed by atoms with van der Waals surface area (Å²) >= 11 is 0. The second-order valence-corrected chi connectivity index (χ2v) is 0.276. The van der Waals surface area contributed by atoms with E-state index >= 15 is 0 Å². The van der Waals surface area contributed by atoms with Gasteiger partial charge in [-0.05, 0) is 0 Å². The minimum absolute atomic E-state index is 0. The standard InChI is InChI=1S/CH2O3.CO2.4Li.3H2O.2H/c2-1-4-3;2-1-3;;;;;;;;;/h1,3H;;;;;;3*1H2;;/q;;4*+1;;;;2*-1/p-2. The zero-order valence-electron chi connectivity index (χ0n) is 10.6. The van der Waals surface area contributed by atoms with E-state index in [1.807, 2.05) is 0 Å². The van der Waals surface area contributed by atoms with Crippen LogP contribution in [0.15, 0.2) is 0 Å². The predicted octanol–water partition coefficient (Wildman–Crippen LogP) is -15.7. The van der Waals surface area contributed by atoms with Gasteiger partial charge in [-0.15, -0.1) is 0 Å². The third-order valence-corrected chi connectivity index (χ3v) is 0.0393. The first-order chi connectivity index (χ1) is 3.33. The molecule has 12 heteroatoms. The molecule has 14 heavy (non-hydrogen) atoms. The molecule has 68 valence electrons. The van der Waals surface area contributed by atoms with Crippen molar-refractivity contribution in [2.75, 3.05) is 0 Å². The van der Waals surface area contributed by atoms with Crippen LogP contribution in [-0.4, -0.2) is 29.1 Å². The number of hydrogen-bond donors (Lipinski definition) is 0. The fraction of sp³-hybridized carbons (Fsp3) is 0. The Bertz CT molecular complexity index is 82.4. The van der Waals surface area contributed by atoms with Crippen molar-refractivity contribution in [1.82, 2.24) is 0 Å². The molecule has 0 aliphatic heterocycles. The predicted molar refractivity (Wildman–Crippen MR) is 23.5 cm³/mol. The Kier molecular flexibility index (Phi) is 836. The summed E-state index contributed by atoms with van der Waals surface area (Å²) in [6, 6.07) is 0. The smallest absolute Gasteiger partial charge is 1.00 e. The van der Waals surface area contributed by atoms with Crippen molar-refractivity contribution in [2.45, 2.75) is 0 Å². The SMILES string of the molecule is O.O.O=C=O.O=CO[O-].[H-].[H-].[Li+].[Li+].[Li+].[Li+].[OH-]. The minimum Gasteiger partial charge on any atom is -1.00 e. The van der Waals surface area contributed by atoms with Gasteiger partial charge in [0.15, 0.2) is 0 Å². The Morgan fingerprint density at radius 2 is 1.14 bits per heavy atom. The van der Waals surface area contributed by atoms with Crippen molar-refractivity contribution < 1.29 is 119 Å². The van der Waals surface area contributed by atoms with Crippen LogP contribution in [0.5, 0.6) is 0 Å². The van der Waals surface area contributed by atoms with Crippen molar-refractivity contribution in [3.63, 3.8) is 0 Å². The molecule has 8 nitrogen and oxygen atoms in total. The van der Waals surface area contributed by atoms with Crippen LogP contribution in [0.1, 0.15) is 2.85 Å². The van der Waals surface area contributed by atoms with Crippen molar-refractivity contribution in [1.29, 1.82) is 0 Å². The molecule has 0 aromatic rings. The van der Waals surface area contributed by atoms with Gasteiger partial charge in [-0.1, -0.05) is 0 Å². The molecule has 0 fully saturated rings. The molecule has 0 spiro atoms. The van der Waals surface area contributed by atoms with Gasteiger partial charge in [0.05, 0.1) is 0 Å². The molecular formula is C2H8Li4O8. The summed E-state index contributed by atoms with van der Waals surface area (Å²) in [5.74, 6) is 0. The molecule has 0 rings (SSSR count). The number of hydrogen-bond acceptors (Lipinski definition) is 6. The largest absolute Gasteiger partial charge is 1.00 e. The molecule has 0 saturated heterocycles. The van der Waals surface area contributed by atoms with E-state index in [4.69, 9.17) is 19.6 Å². The molecule has 0 aliphatic carbocycles.